The number of aryl methyl sites for hydroxylation is 1. The number of aromatic nitrogens is 2. The number of hydrogen-bond acceptors (Lipinski definition) is 2. The fourth-order valence-electron chi connectivity index (χ4n) is 2.64. The van der Waals surface area contributed by atoms with Crippen LogP contribution in [0.4, 0.5) is 4.39 Å². The molecule has 1 unspecified atom stereocenters. The molecule has 3 rings (SSSR count). The van der Waals surface area contributed by atoms with Crippen LogP contribution < -0.4 is 5.73 Å². The Kier molecular flexibility index (Phi) is 3.71. The zero-order valence-corrected chi connectivity index (χ0v) is 12.0. The van der Waals surface area contributed by atoms with E-state index in [2.05, 4.69) is 11.9 Å². The zero-order valence-electron chi connectivity index (χ0n) is 12.0. The first-order chi connectivity index (χ1) is 10.2. The highest BCUT2D eigenvalue weighted by Crippen LogP contribution is 2.25. The smallest absolute Gasteiger partial charge is 0.151 e. The summed E-state index contributed by atoms with van der Waals surface area (Å²) in [4.78, 5) is 4.47. The fraction of sp³-hybridized carbons (Fsp3) is 0.235. The SMILES string of the molecule is CCCn1c(C(N)c2ccccc2)nc2c(F)cccc21. The van der Waals surface area contributed by atoms with E-state index in [-0.39, 0.29) is 11.9 Å². The van der Waals surface area contributed by atoms with Gasteiger partial charge in [0.2, 0.25) is 0 Å². The molecular weight excluding hydrogens is 265 g/mol. The van der Waals surface area contributed by atoms with Gasteiger partial charge in [-0.3, -0.25) is 0 Å². The molecule has 0 saturated carbocycles. The third-order valence-corrected chi connectivity index (χ3v) is 3.64. The van der Waals surface area contributed by atoms with Gasteiger partial charge < -0.3 is 10.3 Å². The van der Waals surface area contributed by atoms with Crippen LogP contribution in [-0.2, 0) is 6.54 Å². The predicted molar refractivity (Wildman–Crippen MR) is 82.5 cm³/mol. The lowest BCUT2D eigenvalue weighted by atomic mass is 10.1. The van der Waals surface area contributed by atoms with E-state index in [0.29, 0.717) is 11.3 Å². The van der Waals surface area contributed by atoms with Crippen molar-refractivity contribution in [3.05, 3.63) is 65.7 Å². The Morgan fingerprint density at radius 1 is 1.14 bits per heavy atom. The molecule has 3 aromatic rings. The first-order valence-corrected chi connectivity index (χ1v) is 7.17. The molecule has 1 aromatic heterocycles. The van der Waals surface area contributed by atoms with Crippen LogP contribution in [0.15, 0.2) is 48.5 Å². The number of fused-ring (bicyclic) bond motifs is 1. The normalized spacial score (nSPS) is 12.7. The largest absolute Gasteiger partial charge is 0.326 e. The van der Waals surface area contributed by atoms with Crippen molar-refractivity contribution in [3.63, 3.8) is 0 Å². The quantitative estimate of drug-likeness (QED) is 0.794. The second kappa shape index (κ2) is 5.66. The molecule has 4 heteroatoms. The third-order valence-electron chi connectivity index (χ3n) is 3.64. The van der Waals surface area contributed by atoms with Crippen molar-refractivity contribution in [1.29, 1.82) is 0 Å². The van der Waals surface area contributed by atoms with E-state index in [1.54, 1.807) is 6.07 Å². The number of para-hydroxylation sites is 1. The van der Waals surface area contributed by atoms with Gasteiger partial charge in [-0.05, 0) is 24.1 Å². The summed E-state index contributed by atoms with van der Waals surface area (Å²) < 4.78 is 16.0. The summed E-state index contributed by atoms with van der Waals surface area (Å²) >= 11 is 0. The molecule has 0 aliphatic heterocycles. The standard InChI is InChI=1S/C17H18FN3/c1-2-11-21-14-10-6-9-13(18)16(14)20-17(21)15(19)12-7-4-3-5-8-12/h3-10,15H,2,11,19H2,1H3. The van der Waals surface area contributed by atoms with Gasteiger partial charge in [-0.1, -0.05) is 43.3 Å². The summed E-state index contributed by atoms with van der Waals surface area (Å²) in [5.41, 5.74) is 8.53. The van der Waals surface area contributed by atoms with Gasteiger partial charge in [0.25, 0.3) is 0 Å². The van der Waals surface area contributed by atoms with Gasteiger partial charge in [-0.15, -0.1) is 0 Å². The molecule has 2 aromatic carbocycles. The summed E-state index contributed by atoms with van der Waals surface area (Å²) in [5.74, 6) is 0.409. The molecule has 21 heavy (non-hydrogen) atoms. The van der Waals surface area contributed by atoms with Crippen LogP contribution in [0.2, 0.25) is 0 Å². The molecule has 0 spiro atoms. The Labute approximate surface area is 123 Å². The van der Waals surface area contributed by atoms with Crippen molar-refractivity contribution >= 4 is 11.0 Å². The summed E-state index contributed by atoms with van der Waals surface area (Å²) in [6, 6.07) is 14.5. The molecule has 0 fully saturated rings. The molecule has 0 saturated heterocycles. The van der Waals surface area contributed by atoms with E-state index in [4.69, 9.17) is 5.73 Å². The molecule has 2 N–H and O–H groups in total. The van der Waals surface area contributed by atoms with Crippen LogP contribution in [0.5, 0.6) is 0 Å². The molecule has 1 heterocycles. The summed E-state index contributed by atoms with van der Waals surface area (Å²) in [5, 5.41) is 0. The van der Waals surface area contributed by atoms with Crippen molar-refractivity contribution < 1.29 is 4.39 Å². The number of nitrogens with zero attached hydrogens (tertiary/aromatic N) is 2. The summed E-state index contributed by atoms with van der Waals surface area (Å²) in [7, 11) is 0. The van der Waals surface area contributed by atoms with E-state index in [0.717, 1.165) is 24.0 Å². The summed E-state index contributed by atoms with van der Waals surface area (Å²) in [6.45, 7) is 2.86. The van der Waals surface area contributed by atoms with E-state index < -0.39 is 0 Å². The second-order valence-corrected chi connectivity index (χ2v) is 5.12. The Bertz CT molecular complexity index is 749. The zero-order chi connectivity index (χ0) is 14.8. The highest BCUT2D eigenvalue weighted by atomic mass is 19.1. The van der Waals surface area contributed by atoms with Crippen molar-refractivity contribution in [2.75, 3.05) is 0 Å². The summed E-state index contributed by atoms with van der Waals surface area (Å²) in [6.07, 6.45) is 0.941. The minimum atomic E-state index is -0.357. The van der Waals surface area contributed by atoms with Gasteiger partial charge in [0.05, 0.1) is 11.6 Å². The Morgan fingerprint density at radius 2 is 1.90 bits per heavy atom. The third kappa shape index (κ3) is 2.43. The number of halogens is 1. The van der Waals surface area contributed by atoms with Gasteiger partial charge in [0.15, 0.2) is 5.82 Å². The molecule has 0 aliphatic carbocycles. The maximum atomic E-state index is 14.0. The minimum absolute atomic E-state index is 0.302. The first-order valence-electron chi connectivity index (χ1n) is 7.17. The molecule has 108 valence electrons. The van der Waals surface area contributed by atoms with Crippen LogP contribution in [0.3, 0.4) is 0 Å². The maximum absolute atomic E-state index is 14.0. The van der Waals surface area contributed by atoms with E-state index in [9.17, 15) is 4.39 Å². The monoisotopic (exact) mass is 283 g/mol. The number of nitrogens with two attached hydrogens (primary N) is 1. The molecule has 0 amide bonds. The lowest BCUT2D eigenvalue weighted by Gasteiger charge is -2.14. The van der Waals surface area contributed by atoms with Crippen LogP contribution in [0.25, 0.3) is 11.0 Å². The number of benzene rings is 2. The van der Waals surface area contributed by atoms with Crippen molar-refractivity contribution in [2.24, 2.45) is 5.73 Å². The van der Waals surface area contributed by atoms with Crippen LogP contribution in [-0.4, -0.2) is 9.55 Å². The van der Waals surface area contributed by atoms with Crippen LogP contribution in [0, 0.1) is 5.82 Å². The van der Waals surface area contributed by atoms with Crippen molar-refractivity contribution in [1.82, 2.24) is 9.55 Å². The fourth-order valence-corrected chi connectivity index (χ4v) is 2.64. The molecule has 0 bridgehead atoms. The van der Waals surface area contributed by atoms with Crippen molar-refractivity contribution in [3.8, 4) is 0 Å². The highest BCUT2D eigenvalue weighted by Gasteiger charge is 2.19. The lowest BCUT2D eigenvalue weighted by molar-refractivity contribution is 0.627. The average molecular weight is 283 g/mol. The average Bonchev–Trinajstić information content (AvgIpc) is 2.88. The second-order valence-electron chi connectivity index (χ2n) is 5.12. The molecular formula is C17H18FN3. The Balaban J connectivity index is 2.17. The molecule has 3 nitrogen and oxygen atoms in total. The Morgan fingerprint density at radius 3 is 2.62 bits per heavy atom. The Hall–Kier alpha value is -2.20. The number of hydrogen-bond donors (Lipinski definition) is 1. The number of rotatable bonds is 4. The van der Waals surface area contributed by atoms with Gasteiger partial charge in [-0.25, -0.2) is 9.37 Å². The first kappa shape index (κ1) is 13.8. The van der Waals surface area contributed by atoms with Crippen molar-refractivity contribution in [2.45, 2.75) is 25.9 Å². The maximum Gasteiger partial charge on any atom is 0.151 e. The van der Waals surface area contributed by atoms with E-state index in [1.165, 1.54) is 6.07 Å². The van der Waals surface area contributed by atoms with Gasteiger partial charge in [0, 0.05) is 6.54 Å². The van der Waals surface area contributed by atoms with Gasteiger partial charge in [0.1, 0.15) is 11.3 Å². The lowest BCUT2D eigenvalue weighted by Crippen LogP contribution is -2.18. The van der Waals surface area contributed by atoms with E-state index >= 15 is 0 Å². The van der Waals surface area contributed by atoms with Gasteiger partial charge in [-0.2, -0.15) is 0 Å². The topological polar surface area (TPSA) is 43.8 Å². The predicted octanol–water partition coefficient (Wildman–Crippen LogP) is 3.63. The van der Waals surface area contributed by atoms with E-state index in [1.807, 2.05) is 41.0 Å². The van der Waals surface area contributed by atoms with Crippen LogP contribution >= 0.6 is 0 Å². The minimum Gasteiger partial charge on any atom is -0.326 e. The molecule has 0 radical (unpaired) electrons. The van der Waals surface area contributed by atoms with Gasteiger partial charge >= 0.3 is 0 Å². The molecule has 1 atom stereocenters. The highest BCUT2D eigenvalue weighted by molar-refractivity contribution is 5.77. The number of imidazole rings is 1. The van der Waals surface area contributed by atoms with Crippen LogP contribution in [0.1, 0.15) is 30.8 Å². The molecule has 0 aliphatic rings.